The number of rotatable bonds is 9. The van der Waals surface area contributed by atoms with Crippen molar-refractivity contribution in [1.82, 2.24) is 9.88 Å². The summed E-state index contributed by atoms with van der Waals surface area (Å²) in [5.74, 6) is -4.20. The van der Waals surface area contributed by atoms with Gasteiger partial charge in [-0.05, 0) is 80.0 Å². The number of benzene rings is 3. The van der Waals surface area contributed by atoms with Crippen molar-refractivity contribution in [2.75, 3.05) is 32.1 Å². The summed E-state index contributed by atoms with van der Waals surface area (Å²) < 4.78 is 43.8. The summed E-state index contributed by atoms with van der Waals surface area (Å²) in [6.45, 7) is 2.91. The van der Waals surface area contributed by atoms with Gasteiger partial charge < -0.3 is 30.1 Å². The number of aromatic carboxylic acids is 1. The minimum absolute atomic E-state index is 0.0852. The van der Waals surface area contributed by atoms with Crippen LogP contribution in [0.1, 0.15) is 27.9 Å². The molecule has 8 nitrogen and oxygen atoms in total. The van der Waals surface area contributed by atoms with Crippen LogP contribution in [0, 0.1) is 18.6 Å². The number of anilines is 1. The van der Waals surface area contributed by atoms with Crippen LogP contribution in [-0.2, 0) is 6.54 Å². The Labute approximate surface area is 242 Å². The first-order valence-corrected chi connectivity index (χ1v) is 13.5. The lowest BCUT2D eigenvalue weighted by molar-refractivity contribution is 0.0694. The molecule has 3 aromatic carbocycles. The molecule has 10 heteroatoms. The highest BCUT2D eigenvalue weighted by atomic mass is 19.1. The SMILES string of the molecule is Cc1ccc(C(=O)O)c(Oc2nc(Oc3cccc(-c4cccc(CN)c4)c3)c(F)c(N3CCC(N(C)C)C3)c2F)c1. The third-order valence-electron chi connectivity index (χ3n) is 7.32. The number of aromatic nitrogens is 1. The van der Waals surface area contributed by atoms with Gasteiger partial charge in [-0.15, -0.1) is 0 Å². The zero-order valence-electron chi connectivity index (χ0n) is 23.6. The zero-order valence-corrected chi connectivity index (χ0v) is 23.6. The third-order valence-corrected chi connectivity index (χ3v) is 7.32. The molecule has 1 aromatic heterocycles. The van der Waals surface area contributed by atoms with Crippen LogP contribution in [0.4, 0.5) is 14.5 Å². The quantitative estimate of drug-likeness (QED) is 0.243. The minimum atomic E-state index is -1.26. The number of halogens is 2. The Bertz CT molecular complexity index is 1630. The van der Waals surface area contributed by atoms with Crippen LogP contribution in [0.5, 0.6) is 23.3 Å². The second kappa shape index (κ2) is 12.1. The number of nitrogens with two attached hydrogens (primary N) is 1. The number of pyridine rings is 1. The summed E-state index contributed by atoms with van der Waals surface area (Å²) in [4.78, 5) is 19.5. The zero-order chi connectivity index (χ0) is 30.0. The molecule has 0 spiro atoms. The molecule has 0 radical (unpaired) electrons. The highest BCUT2D eigenvalue weighted by Crippen LogP contribution is 2.40. The number of aryl methyl sites for hydroxylation is 1. The van der Waals surface area contributed by atoms with Crippen LogP contribution in [0.25, 0.3) is 11.1 Å². The number of ether oxygens (including phenoxy) is 2. The van der Waals surface area contributed by atoms with E-state index >= 15 is 8.78 Å². The Morgan fingerprint density at radius 3 is 2.38 bits per heavy atom. The summed E-state index contributed by atoms with van der Waals surface area (Å²) >= 11 is 0. The van der Waals surface area contributed by atoms with E-state index in [2.05, 4.69) is 4.98 Å². The van der Waals surface area contributed by atoms with Gasteiger partial charge in [-0.2, -0.15) is 13.8 Å². The molecule has 5 rings (SSSR count). The predicted octanol–water partition coefficient (Wildman–Crippen LogP) is 6.22. The van der Waals surface area contributed by atoms with Crippen molar-refractivity contribution < 1.29 is 28.2 Å². The molecule has 1 aliphatic rings. The lowest BCUT2D eigenvalue weighted by Gasteiger charge is -2.24. The van der Waals surface area contributed by atoms with Crippen molar-refractivity contribution in [2.24, 2.45) is 5.73 Å². The summed E-state index contributed by atoms with van der Waals surface area (Å²) in [6.07, 6.45) is 0.700. The Morgan fingerprint density at radius 2 is 1.71 bits per heavy atom. The molecule has 1 unspecified atom stereocenters. The average Bonchev–Trinajstić information content (AvgIpc) is 3.46. The molecule has 1 saturated heterocycles. The molecule has 2 heterocycles. The standard InChI is InChI=1S/C32H32F2N4O4/c1-19-10-11-25(32(39)40)26(14-19)42-31-28(34)29(38-13-12-23(18-38)37(2)3)27(33)30(36-31)41-24-9-5-8-22(16-24)21-7-4-6-20(15-21)17-35/h4-11,14-16,23H,12-13,17-18,35H2,1-3H3,(H,39,40). The van der Waals surface area contributed by atoms with Crippen LogP contribution < -0.4 is 20.1 Å². The van der Waals surface area contributed by atoms with Crippen LogP contribution in [-0.4, -0.2) is 54.2 Å². The first kappa shape index (κ1) is 29.0. The molecule has 4 aromatic rings. The fourth-order valence-electron chi connectivity index (χ4n) is 4.99. The smallest absolute Gasteiger partial charge is 0.339 e. The van der Waals surface area contributed by atoms with Crippen LogP contribution >= 0.6 is 0 Å². The van der Waals surface area contributed by atoms with Crippen LogP contribution in [0.3, 0.4) is 0 Å². The van der Waals surface area contributed by atoms with Crippen molar-refractivity contribution in [3.05, 3.63) is 95.1 Å². The van der Waals surface area contributed by atoms with Crippen molar-refractivity contribution in [2.45, 2.75) is 25.9 Å². The molecule has 1 fully saturated rings. The number of carboxylic acids is 1. The maximum absolute atomic E-state index is 16.1. The Morgan fingerprint density at radius 1 is 1.02 bits per heavy atom. The third kappa shape index (κ3) is 6.05. The average molecular weight is 575 g/mol. The van der Waals surface area contributed by atoms with E-state index in [0.717, 1.165) is 16.7 Å². The molecule has 218 valence electrons. The van der Waals surface area contributed by atoms with Gasteiger partial charge in [-0.25, -0.2) is 4.79 Å². The van der Waals surface area contributed by atoms with Gasteiger partial charge in [0, 0.05) is 25.7 Å². The van der Waals surface area contributed by atoms with Crippen molar-refractivity contribution in [1.29, 1.82) is 0 Å². The molecule has 0 aliphatic carbocycles. The maximum Gasteiger partial charge on any atom is 0.339 e. The van der Waals surface area contributed by atoms with Crippen LogP contribution in [0.15, 0.2) is 66.7 Å². The molecule has 1 aliphatic heterocycles. The first-order valence-electron chi connectivity index (χ1n) is 13.5. The minimum Gasteiger partial charge on any atom is -0.478 e. The fraction of sp³-hybridized carbons (Fsp3) is 0.250. The topological polar surface area (TPSA) is 101 Å². The summed E-state index contributed by atoms with van der Waals surface area (Å²) in [5.41, 5.74) is 8.62. The molecule has 0 amide bonds. The number of nitrogens with zero attached hydrogens (tertiary/aromatic N) is 3. The lowest BCUT2D eigenvalue weighted by Crippen LogP contribution is -2.32. The molecule has 42 heavy (non-hydrogen) atoms. The monoisotopic (exact) mass is 574 g/mol. The molecule has 3 N–H and O–H groups in total. The van der Waals surface area contributed by atoms with E-state index in [-0.39, 0.29) is 28.8 Å². The number of likely N-dealkylation sites (N-methyl/N-ethyl adjacent to an activating group) is 1. The predicted molar refractivity (Wildman–Crippen MR) is 157 cm³/mol. The molecule has 0 bridgehead atoms. The highest BCUT2D eigenvalue weighted by molar-refractivity contribution is 5.91. The largest absolute Gasteiger partial charge is 0.478 e. The normalized spacial score (nSPS) is 14.8. The van der Waals surface area contributed by atoms with Crippen molar-refractivity contribution >= 4 is 11.7 Å². The fourth-order valence-corrected chi connectivity index (χ4v) is 4.99. The van der Waals surface area contributed by atoms with Gasteiger partial charge in [0.15, 0.2) is 0 Å². The van der Waals surface area contributed by atoms with Gasteiger partial charge >= 0.3 is 5.97 Å². The van der Waals surface area contributed by atoms with Gasteiger partial charge in [0.25, 0.3) is 11.8 Å². The van der Waals surface area contributed by atoms with E-state index in [9.17, 15) is 9.90 Å². The Balaban J connectivity index is 1.57. The van der Waals surface area contributed by atoms with E-state index in [4.69, 9.17) is 15.2 Å². The van der Waals surface area contributed by atoms with Gasteiger partial charge in [-0.3, -0.25) is 0 Å². The number of hydrogen-bond acceptors (Lipinski definition) is 7. The first-order chi connectivity index (χ1) is 20.1. The lowest BCUT2D eigenvalue weighted by atomic mass is 10.0. The maximum atomic E-state index is 16.1. The van der Waals surface area contributed by atoms with E-state index in [0.29, 0.717) is 31.6 Å². The van der Waals surface area contributed by atoms with E-state index in [1.54, 1.807) is 36.1 Å². The second-order valence-corrected chi connectivity index (χ2v) is 10.5. The van der Waals surface area contributed by atoms with Gasteiger partial charge in [-0.1, -0.05) is 36.4 Å². The summed E-state index contributed by atoms with van der Waals surface area (Å²) in [7, 11) is 3.83. The Hall–Kier alpha value is -4.54. The summed E-state index contributed by atoms with van der Waals surface area (Å²) in [5, 5.41) is 9.66. The molecular formula is C32H32F2N4O4. The van der Waals surface area contributed by atoms with Gasteiger partial charge in [0.2, 0.25) is 11.6 Å². The number of carboxylic acid groups (broad SMARTS) is 1. The van der Waals surface area contributed by atoms with E-state index in [1.807, 2.05) is 49.3 Å². The number of hydrogen-bond donors (Lipinski definition) is 2. The highest BCUT2D eigenvalue weighted by Gasteiger charge is 2.33. The van der Waals surface area contributed by atoms with Gasteiger partial charge in [0.1, 0.15) is 22.7 Å². The second-order valence-electron chi connectivity index (χ2n) is 10.5. The van der Waals surface area contributed by atoms with Crippen molar-refractivity contribution in [3.8, 4) is 34.4 Å². The van der Waals surface area contributed by atoms with Gasteiger partial charge in [0.05, 0.1) is 0 Å². The van der Waals surface area contributed by atoms with Crippen LogP contribution in [0.2, 0.25) is 0 Å². The molecule has 0 saturated carbocycles. The summed E-state index contributed by atoms with van der Waals surface area (Å²) in [6, 6.07) is 19.2. The number of carbonyl (C=O) groups is 1. The molecule has 1 atom stereocenters. The van der Waals surface area contributed by atoms with E-state index in [1.165, 1.54) is 12.1 Å². The Kier molecular flexibility index (Phi) is 8.37. The van der Waals surface area contributed by atoms with E-state index < -0.39 is 29.4 Å². The molecular weight excluding hydrogens is 542 g/mol. The van der Waals surface area contributed by atoms with Crippen molar-refractivity contribution in [3.63, 3.8) is 0 Å².